The fourth-order valence-electron chi connectivity index (χ4n) is 3.60. The molecule has 0 fully saturated rings. The van der Waals surface area contributed by atoms with Crippen LogP contribution in [0.5, 0.6) is 0 Å². The number of thioether (sulfide) groups is 1. The van der Waals surface area contributed by atoms with Gasteiger partial charge in [0, 0.05) is 17.1 Å². The summed E-state index contributed by atoms with van der Waals surface area (Å²) in [5.74, 6) is -0.364. The van der Waals surface area contributed by atoms with Gasteiger partial charge in [-0.25, -0.2) is 4.79 Å². The maximum Gasteiger partial charge on any atom is 0.416 e. The number of benzene rings is 3. The van der Waals surface area contributed by atoms with E-state index in [-0.39, 0.29) is 30.5 Å². The molecular formula is C27H24F3N5O3S. The molecule has 8 nitrogen and oxygen atoms in total. The Morgan fingerprint density at radius 2 is 1.69 bits per heavy atom. The van der Waals surface area contributed by atoms with Gasteiger partial charge in [0.05, 0.1) is 30.0 Å². The van der Waals surface area contributed by atoms with E-state index in [0.717, 1.165) is 29.6 Å². The highest BCUT2D eigenvalue weighted by Crippen LogP contribution is 2.31. The summed E-state index contributed by atoms with van der Waals surface area (Å²) in [6, 6.07) is 20.5. The maximum atomic E-state index is 13.1. The van der Waals surface area contributed by atoms with Gasteiger partial charge in [0.1, 0.15) is 0 Å². The number of alkyl halides is 3. The molecule has 2 N–H and O–H groups in total. The van der Waals surface area contributed by atoms with Gasteiger partial charge in [-0.05, 0) is 55.5 Å². The van der Waals surface area contributed by atoms with E-state index in [0.29, 0.717) is 22.2 Å². The Kier molecular flexibility index (Phi) is 8.87. The molecule has 0 bridgehead atoms. The van der Waals surface area contributed by atoms with Crippen molar-refractivity contribution in [1.82, 2.24) is 14.8 Å². The minimum absolute atomic E-state index is 0.00431. The monoisotopic (exact) mass is 555 g/mol. The molecule has 1 heterocycles. The van der Waals surface area contributed by atoms with Gasteiger partial charge >= 0.3 is 12.1 Å². The van der Waals surface area contributed by atoms with Crippen molar-refractivity contribution < 1.29 is 27.5 Å². The number of esters is 1. The molecule has 202 valence electrons. The van der Waals surface area contributed by atoms with Crippen LogP contribution in [0.4, 0.5) is 24.5 Å². The third-order valence-corrected chi connectivity index (χ3v) is 6.27. The molecule has 1 aromatic heterocycles. The van der Waals surface area contributed by atoms with E-state index < -0.39 is 17.7 Å². The van der Waals surface area contributed by atoms with Gasteiger partial charge in [0.2, 0.25) is 5.91 Å². The van der Waals surface area contributed by atoms with Crippen molar-refractivity contribution in [2.45, 2.75) is 24.8 Å². The smallest absolute Gasteiger partial charge is 0.416 e. The molecular weight excluding hydrogens is 531 g/mol. The van der Waals surface area contributed by atoms with Crippen LogP contribution in [0.25, 0.3) is 5.69 Å². The Morgan fingerprint density at radius 3 is 2.44 bits per heavy atom. The van der Waals surface area contributed by atoms with Gasteiger partial charge < -0.3 is 15.4 Å². The Hall–Kier alpha value is -4.32. The lowest BCUT2D eigenvalue weighted by atomic mass is 10.2. The zero-order chi connectivity index (χ0) is 27.8. The molecule has 0 spiro atoms. The number of amides is 1. The van der Waals surface area contributed by atoms with Crippen molar-refractivity contribution in [2.24, 2.45) is 0 Å². The molecule has 39 heavy (non-hydrogen) atoms. The van der Waals surface area contributed by atoms with E-state index >= 15 is 0 Å². The summed E-state index contributed by atoms with van der Waals surface area (Å²) in [7, 11) is 0. The first-order valence-corrected chi connectivity index (χ1v) is 12.8. The van der Waals surface area contributed by atoms with Crippen molar-refractivity contribution in [1.29, 1.82) is 0 Å². The van der Waals surface area contributed by atoms with Gasteiger partial charge in [0.25, 0.3) is 0 Å². The molecule has 4 rings (SSSR count). The normalized spacial score (nSPS) is 11.2. The van der Waals surface area contributed by atoms with Crippen LogP contribution in [0.3, 0.4) is 0 Å². The number of rotatable bonds is 10. The average Bonchev–Trinajstić information content (AvgIpc) is 3.34. The van der Waals surface area contributed by atoms with Crippen LogP contribution >= 0.6 is 11.8 Å². The molecule has 1 amide bonds. The van der Waals surface area contributed by atoms with Crippen LogP contribution in [-0.4, -0.2) is 39.0 Å². The van der Waals surface area contributed by atoms with Crippen molar-refractivity contribution in [2.75, 3.05) is 23.0 Å². The van der Waals surface area contributed by atoms with Crippen LogP contribution < -0.4 is 10.6 Å². The van der Waals surface area contributed by atoms with Crippen molar-refractivity contribution in [3.8, 4) is 5.69 Å². The Labute approximate surface area is 226 Å². The van der Waals surface area contributed by atoms with E-state index in [2.05, 4.69) is 20.8 Å². The van der Waals surface area contributed by atoms with Gasteiger partial charge in [-0.3, -0.25) is 9.36 Å². The largest absolute Gasteiger partial charge is 0.462 e. The number of nitrogens with one attached hydrogen (secondary N) is 2. The second-order valence-electron chi connectivity index (χ2n) is 8.14. The molecule has 4 aromatic rings. The van der Waals surface area contributed by atoms with Gasteiger partial charge in [0.15, 0.2) is 11.0 Å². The fraction of sp³-hybridized carbons (Fsp3) is 0.185. The van der Waals surface area contributed by atoms with E-state index in [1.165, 1.54) is 18.2 Å². The number of carbonyl (C=O) groups is 2. The highest BCUT2D eigenvalue weighted by atomic mass is 32.2. The van der Waals surface area contributed by atoms with Crippen LogP contribution in [0.1, 0.15) is 28.7 Å². The summed E-state index contributed by atoms with van der Waals surface area (Å²) >= 11 is 1.15. The zero-order valence-electron chi connectivity index (χ0n) is 20.7. The predicted octanol–water partition coefficient (Wildman–Crippen LogP) is 5.81. The molecule has 0 saturated heterocycles. The highest BCUT2D eigenvalue weighted by molar-refractivity contribution is 7.99. The number of anilines is 2. The Morgan fingerprint density at radius 1 is 0.949 bits per heavy atom. The Balaban J connectivity index is 1.47. The molecule has 0 unspecified atom stereocenters. The summed E-state index contributed by atoms with van der Waals surface area (Å²) < 4.78 is 46.0. The lowest BCUT2D eigenvalue weighted by Gasteiger charge is -2.13. The zero-order valence-corrected chi connectivity index (χ0v) is 21.6. The molecule has 0 aliphatic heterocycles. The van der Waals surface area contributed by atoms with Crippen LogP contribution in [-0.2, 0) is 22.3 Å². The van der Waals surface area contributed by atoms with Gasteiger partial charge in [-0.1, -0.05) is 42.1 Å². The first-order chi connectivity index (χ1) is 18.7. The quantitative estimate of drug-likeness (QED) is 0.188. The predicted molar refractivity (Wildman–Crippen MR) is 142 cm³/mol. The van der Waals surface area contributed by atoms with Gasteiger partial charge in [-0.15, -0.1) is 10.2 Å². The number of hydrogen-bond acceptors (Lipinski definition) is 7. The van der Waals surface area contributed by atoms with Crippen LogP contribution in [0.15, 0.2) is 84.0 Å². The van der Waals surface area contributed by atoms with E-state index in [4.69, 9.17) is 4.74 Å². The fourth-order valence-corrected chi connectivity index (χ4v) is 4.37. The summed E-state index contributed by atoms with van der Waals surface area (Å²) in [5, 5.41) is 14.6. The first-order valence-electron chi connectivity index (χ1n) is 11.9. The standard InChI is InChI=1S/C27H24F3N5O3S/c1-2-38-25(37)18-8-6-11-21(14-18)32-24(36)17-39-26-34-33-23(35(26)22-12-4-3-5-13-22)16-31-20-10-7-9-19(15-20)27(28,29)30/h3-15,31H,2,16-17H2,1H3,(H,32,36). The number of halogens is 3. The molecule has 0 aliphatic carbocycles. The number of nitrogens with zero attached hydrogens (tertiary/aromatic N) is 3. The summed E-state index contributed by atoms with van der Waals surface area (Å²) in [5.41, 5.74) is 1.03. The molecule has 0 radical (unpaired) electrons. The molecule has 0 saturated carbocycles. The topological polar surface area (TPSA) is 98.1 Å². The van der Waals surface area contributed by atoms with Crippen LogP contribution in [0.2, 0.25) is 0 Å². The number of para-hydroxylation sites is 1. The van der Waals surface area contributed by atoms with E-state index in [9.17, 15) is 22.8 Å². The number of carbonyl (C=O) groups excluding carboxylic acids is 2. The van der Waals surface area contributed by atoms with Crippen molar-refractivity contribution >= 4 is 35.0 Å². The molecule has 0 atom stereocenters. The summed E-state index contributed by atoms with van der Waals surface area (Å²) in [6.07, 6.45) is -4.45. The Bertz CT molecular complexity index is 1440. The number of aromatic nitrogens is 3. The van der Waals surface area contributed by atoms with Crippen molar-refractivity contribution in [3.63, 3.8) is 0 Å². The third-order valence-electron chi connectivity index (χ3n) is 5.35. The van der Waals surface area contributed by atoms with Crippen molar-refractivity contribution in [3.05, 3.63) is 95.8 Å². The second-order valence-corrected chi connectivity index (χ2v) is 9.08. The summed E-state index contributed by atoms with van der Waals surface area (Å²) in [6.45, 7) is 2.05. The van der Waals surface area contributed by atoms with Crippen LogP contribution in [0, 0.1) is 0 Å². The maximum absolute atomic E-state index is 13.1. The highest BCUT2D eigenvalue weighted by Gasteiger charge is 2.30. The lowest BCUT2D eigenvalue weighted by Crippen LogP contribution is -2.15. The minimum Gasteiger partial charge on any atom is -0.462 e. The molecule has 0 aliphatic rings. The average molecular weight is 556 g/mol. The SMILES string of the molecule is CCOC(=O)c1cccc(NC(=O)CSc2nnc(CNc3cccc(C(F)(F)F)c3)n2-c2ccccc2)c1. The molecule has 12 heteroatoms. The number of hydrogen-bond donors (Lipinski definition) is 2. The van der Waals surface area contributed by atoms with E-state index in [1.54, 1.807) is 29.7 Å². The molecule has 3 aromatic carbocycles. The van der Waals surface area contributed by atoms with Gasteiger partial charge in [-0.2, -0.15) is 13.2 Å². The second kappa shape index (κ2) is 12.5. The lowest BCUT2D eigenvalue weighted by molar-refractivity contribution is -0.137. The minimum atomic E-state index is -4.45. The first kappa shape index (κ1) is 27.7. The third kappa shape index (κ3) is 7.38. The summed E-state index contributed by atoms with van der Waals surface area (Å²) in [4.78, 5) is 24.6. The van der Waals surface area contributed by atoms with E-state index in [1.807, 2.05) is 30.3 Å². The number of ether oxygens (including phenoxy) is 1.